The maximum atomic E-state index is 12.0. The molecule has 2 rings (SSSR count). The number of hydrazone groups is 1. The summed E-state index contributed by atoms with van der Waals surface area (Å²) in [5, 5.41) is 3.69. The van der Waals surface area contributed by atoms with Crippen LogP contribution in [0.25, 0.3) is 0 Å². The van der Waals surface area contributed by atoms with Gasteiger partial charge >= 0.3 is 0 Å². The van der Waals surface area contributed by atoms with Crippen LogP contribution in [0, 0.1) is 0 Å². The average Bonchev–Trinajstić information content (AvgIpc) is 2.56. The van der Waals surface area contributed by atoms with Crippen molar-refractivity contribution in [1.82, 2.24) is 10.4 Å². The van der Waals surface area contributed by atoms with Crippen molar-refractivity contribution < 1.29 is 4.79 Å². The molecule has 8 heteroatoms. The quantitative estimate of drug-likeness (QED) is 0.485. The molecule has 0 saturated heterocycles. The summed E-state index contributed by atoms with van der Waals surface area (Å²) >= 11 is 17.5. The molecule has 0 bridgehead atoms. The van der Waals surface area contributed by atoms with E-state index in [-0.39, 0.29) is 26.6 Å². The van der Waals surface area contributed by atoms with Crippen LogP contribution in [-0.4, -0.2) is 17.1 Å². The van der Waals surface area contributed by atoms with Gasteiger partial charge in [-0.15, -0.1) is 0 Å². The second-order valence-electron chi connectivity index (χ2n) is 4.59. The molecule has 1 amide bonds. The van der Waals surface area contributed by atoms with Gasteiger partial charge in [-0.3, -0.25) is 4.79 Å². The van der Waals surface area contributed by atoms with Crippen LogP contribution < -0.4 is 11.2 Å². The number of benzene rings is 1. The minimum absolute atomic E-state index is 0.00221. The van der Waals surface area contributed by atoms with E-state index in [2.05, 4.69) is 22.4 Å². The highest BCUT2D eigenvalue weighted by molar-refractivity contribution is 6.46. The predicted molar refractivity (Wildman–Crippen MR) is 94.6 cm³/mol. The van der Waals surface area contributed by atoms with Crippen molar-refractivity contribution in [3.8, 4) is 0 Å². The molecule has 23 heavy (non-hydrogen) atoms. The van der Waals surface area contributed by atoms with Crippen molar-refractivity contribution in [2.45, 2.75) is 13.3 Å². The lowest BCUT2D eigenvalue weighted by atomic mass is 10.1. The Balaban J connectivity index is 2.11. The predicted octanol–water partition coefficient (Wildman–Crippen LogP) is 3.95. The number of halogens is 3. The summed E-state index contributed by atoms with van der Waals surface area (Å²) in [6, 6.07) is 7.77. The topological polar surface area (TPSA) is 80.4 Å². The summed E-state index contributed by atoms with van der Waals surface area (Å²) in [5.74, 6) is -0.637. The third-order valence-electron chi connectivity index (χ3n) is 3.05. The molecule has 0 saturated carbocycles. The monoisotopic (exact) mass is 370 g/mol. The van der Waals surface area contributed by atoms with E-state index in [9.17, 15) is 4.79 Å². The number of nitrogens with zero attached hydrogens (tertiary/aromatic N) is 2. The van der Waals surface area contributed by atoms with Crippen LogP contribution in [-0.2, 0) is 6.42 Å². The third-order valence-corrected chi connectivity index (χ3v) is 4.19. The fourth-order valence-electron chi connectivity index (χ4n) is 1.74. The normalized spacial score (nSPS) is 11.0. The first kappa shape index (κ1) is 17.5. The second-order valence-corrected chi connectivity index (χ2v) is 5.70. The fourth-order valence-corrected chi connectivity index (χ4v) is 2.33. The summed E-state index contributed by atoms with van der Waals surface area (Å²) in [4.78, 5) is 15.9. The van der Waals surface area contributed by atoms with Crippen molar-refractivity contribution in [3.05, 3.63) is 56.3 Å². The molecule has 1 heterocycles. The molecule has 0 aliphatic carbocycles. The molecule has 1 aromatic heterocycles. The first-order valence-electron chi connectivity index (χ1n) is 6.66. The number of rotatable bonds is 4. The lowest BCUT2D eigenvalue weighted by Gasteiger charge is -2.07. The maximum Gasteiger partial charge on any atom is 0.291 e. The molecule has 5 nitrogen and oxygen atoms in total. The number of aromatic nitrogens is 1. The van der Waals surface area contributed by atoms with Gasteiger partial charge in [-0.25, -0.2) is 10.4 Å². The summed E-state index contributed by atoms with van der Waals surface area (Å²) in [5.41, 5.74) is 9.89. The van der Waals surface area contributed by atoms with Crippen molar-refractivity contribution in [1.29, 1.82) is 0 Å². The third kappa shape index (κ3) is 4.13. The molecule has 3 N–H and O–H groups in total. The van der Waals surface area contributed by atoms with Gasteiger partial charge in [-0.05, 0) is 17.5 Å². The Bertz CT molecular complexity index is 760. The van der Waals surface area contributed by atoms with Crippen LogP contribution in [0.4, 0.5) is 5.69 Å². The SMILES string of the molecule is CCc1ccc(/C=N/NC(=O)c2nc(Cl)c(Cl)c(N)c2Cl)cc1. The second kappa shape index (κ2) is 7.64. The number of nitrogen functional groups attached to an aromatic ring is 1. The Morgan fingerprint density at radius 3 is 2.52 bits per heavy atom. The van der Waals surface area contributed by atoms with Gasteiger partial charge in [0.1, 0.15) is 5.02 Å². The van der Waals surface area contributed by atoms with E-state index in [0.717, 1.165) is 12.0 Å². The van der Waals surface area contributed by atoms with E-state index in [1.54, 1.807) is 0 Å². The first-order valence-corrected chi connectivity index (χ1v) is 7.79. The van der Waals surface area contributed by atoms with Gasteiger partial charge in [0.05, 0.1) is 16.9 Å². The number of aryl methyl sites for hydroxylation is 1. The van der Waals surface area contributed by atoms with Gasteiger partial charge < -0.3 is 5.73 Å². The molecule has 0 fully saturated rings. The molecule has 0 spiro atoms. The minimum Gasteiger partial charge on any atom is -0.396 e. The molecule has 120 valence electrons. The molecule has 0 unspecified atom stereocenters. The number of hydrogen-bond acceptors (Lipinski definition) is 4. The zero-order valence-electron chi connectivity index (χ0n) is 12.1. The van der Waals surface area contributed by atoms with Crippen molar-refractivity contribution in [2.24, 2.45) is 5.10 Å². The maximum absolute atomic E-state index is 12.0. The van der Waals surface area contributed by atoms with Gasteiger partial charge in [-0.2, -0.15) is 5.10 Å². The number of anilines is 1. The summed E-state index contributed by atoms with van der Waals surface area (Å²) in [7, 11) is 0. The minimum atomic E-state index is -0.637. The Kier molecular flexibility index (Phi) is 5.82. The molecule has 1 aromatic carbocycles. The molecular formula is C15H13Cl3N4O. The molecule has 0 aliphatic heterocycles. The summed E-state index contributed by atoms with van der Waals surface area (Å²) in [6.45, 7) is 2.07. The standard InChI is InChI=1S/C15H13Cl3N4O/c1-2-8-3-5-9(6-4-8)7-20-22-15(23)13-10(16)12(19)11(17)14(18)21-13/h3-7H,2H2,1H3,(H2,19,21)(H,22,23)/b20-7+. The summed E-state index contributed by atoms with van der Waals surface area (Å²) in [6.07, 6.45) is 2.46. The molecular weight excluding hydrogens is 359 g/mol. The van der Waals surface area contributed by atoms with E-state index in [0.29, 0.717) is 0 Å². The van der Waals surface area contributed by atoms with Gasteiger partial charge in [0, 0.05) is 0 Å². The van der Waals surface area contributed by atoms with Crippen LogP contribution in [0.5, 0.6) is 0 Å². The number of pyridine rings is 1. The van der Waals surface area contributed by atoms with Gasteiger partial charge in [0.15, 0.2) is 10.8 Å². The number of carbonyl (C=O) groups is 1. The van der Waals surface area contributed by atoms with Crippen LogP contribution in [0.2, 0.25) is 15.2 Å². The van der Waals surface area contributed by atoms with E-state index in [1.807, 2.05) is 24.3 Å². The van der Waals surface area contributed by atoms with Crippen molar-refractivity contribution >= 4 is 52.6 Å². The van der Waals surface area contributed by atoms with Crippen LogP contribution in [0.1, 0.15) is 28.5 Å². The van der Waals surface area contributed by atoms with E-state index in [1.165, 1.54) is 11.8 Å². The Morgan fingerprint density at radius 1 is 1.26 bits per heavy atom. The van der Waals surface area contributed by atoms with Gasteiger partial charge in [0.2, 0.25) is 0 Å². The summed E-state index contributed by atoms with van der Waals surface area (Å²) < 4.78 is 0. The lowest BCUT2D eigenvalue weighted by molar-refractivity contribution is 0.0950. The highest BCUT2D eigenvalue weighted by Gasteiger charge is 2.19. The molecule has 0 atom stereocenters. The van der Waals surface area contributed by atoms with E-state index < -0.39 is 5.91 Å². The lowest BCUT2D eigenvalue weighted by Crippen LogP contribution is -2.20. The van der Waals surface area contributed by atoms with Gasteiger partial charge in [-0.1, -0.05) is 66.0 Å². The van der Waals surface area contributed by atoms with Crippen LogP contribution >= 0.6 is 34.8 Å². The molecule has 0 aliphatic rings. The number of nitrogens with one attached hydrogen (secondary N) is 1. The molecule has 0 radical (unpaired) electrons. The smallest absolute Gasteiger partial charge is 0.291 e. The van der Waals surface area contributed by atoms with E-state index >= 15 is 0 Å². The zero-order chi connectivity index (χ0) is 17.0. The fraction of sp³-hybridized carbons (Fsp3) is 0.133. The van der Waals surface area contributed by atoms with Crippen molar-refractivity contribution in [2.75, 3.05) is 5.73 Å². The van der Waals surface area contributed by atoms with Gasteiger partial charge in [0.25, 0.3) is 5.91 Å². The Hall–Kier alpha value is -1.82. The van der Waals surface area contributed by atoms with E-state index in [4.69, 9.17) is 40.5 Å². The first-order chi connectivity index (χ1) is 10.9. The largest absolute Gasteiger partial charge is 0.396 e. The number of amides is 1. The Labute approximate surface area is 148 Å². The van der Waals surface area contributed by atoms with Crippen LogP contribution in [0.3, 0.4) is 0 Å². The number of hydrogen-bond donors (Lipinski definition) is 2. The average molecular weight is 372 g/mol. The Morgan fingerprint density at radius 2 is 1.91 bits per heavy atom. The molecule has 2 aromatic rings. The highest BCUT2D eigenvalue weighted by Crippen LogP contribution is 2.34. The van der Waals surface area contributed by atoms with Crippen LogP contribution in [0.15, 0.2) is 29.4 Å². The highest BCUT2D eigenvalue weighted by atomic mass is 35.5. The van der Waals surface area contributed by atoms with Crippen molar-refractivity contribution in [3.63, 3.8) is 0 Å². The number of nitrogens with two attached hydrogens (primary N) is 1. The number of carbonyl (C=O) groups excluding carboxylic acids is 1. The zero-order valence-corrected chi connectivity index (χ0v) is 14.4.